The third-order valence-electron chi connectivity index (χ3n) is 3.92. The molecular weight excluding hydrogens is 348 g/mol. The number of hydrogen-bond acceptors (Lipinski definition) is 6. The summed E-state index contributed by atoms with van der Waals surface area (Å²) in [5.74, 6) is 0.334. The monoisotopic (exact) mass is 374 g/mol. The van der Waals surface area contributed by atoms with Crippen LogP contribution in [0.1, 0.15) is 59.8 Å². The van der Waals surface area contributed by atoms with Crippen molar-refractivity contribution >= 4 is 11.9 Å². The van der Waals surface area contributed by atoms with Crippen molar-refractivity contribution in [1.82, 2.24) is 9.88 Å². The topological polar surface area (TPSA) is 81.9 Å². The standard InChI is InChI=1S/C20H26N2O5/c1-4-6-12-26-16-9-7-15(8-10-16)19(23)22(11-5-2)13-18-21-17(14-27-18)20(24)25-3/h7-10,14H,4-6,11-13H2,1-3H3. The molecule has 1 aromatic heterocycles. The molecule has 0 aliphatic heterocycles. The van der Waals surface area contributed by atoms with Gasteiger partial charge in [0.15, 0.2) is 5.69 Å². The highest BCUT2D eigenvalue weighted by atomic mass is 16.5. The van der Waals surface area contributed by atoms with Gasteiger partial charge in [-0.3, -0.25) is 4.79 Å². The number of amides is 1. The SMILES string of the molecule is CCCCOc1ccc(C(=O)N(CCC)Cc2nc(C(=O)OC)co2)cc1. The zero-order valence-electron chi connectivity index (χ0n) is 16.1. The fraction of sp³-hybridized carbons (Fsp3) is 0.450. The van der Waals surface area contributed by atoms with E-state index in [0.29, 0.717) is 18.7 Å². The number of aromatic nitrogens is 1. The van der Waals surface area contributed by atoms with Gasteiger partial charge in [0.2, 0.25) is 5.89 Å². The second kappa shape index (κ2) is 10.4. The lowest BCUT2D eigenvalue weighted by Crippen LogP contribution is -2.31. The summed E-state index contributed by atoms with van der Waals surface area (Å²) in [5, 5.41) is 0. The second-order valence-corrected chi connectivity index (χ2v) is 6.07. The number of esters is 1. The van der Waals surface area contributed by atoms with Crippen LogP contribution >= 0.6 is 0 Å². The van der Waals surface area contributed by atoms with E-state index in [1.165, 1.54) is 13.4 Å². The molecule has 1 amide bonds. The van der Waals surface area contributed by atoms with Crippen LogP contribution in [-0.2, 0) is 11.3 Å². The molecule has 146 valence electrons. The lowest BCUT2D eigenvalue weighted by molar-refractivity contribution is 0.0594. The molecule has 0 unspecified atom stereocenters. The van der Waals surface area contributed by atoms with E-state index >= 15 is 0 Å². The first kappa shape index (κ1) is 20.5. The van der Waals surface area contributed by atoms with Crippen molar-refractivity contribution < 1.29 is 23.5 Å². The molecule has 7 nitrogen and oxygen atoms in total. The number of nitrogens with zero attached hydrogens (tertiary/aromatic N) is 2. The van der Waals surface area contributed by atoms with Gasteiger partial charge >= 0.3 is 5.97 Å². The maximum absolute atomic E-state index is 12.8. The molecule has 27 heavy (non-hydrogen) atoms. The van der Waals surface area contributed by atoms with Crippen molar-refractivity contribution in [3.05, 3.63) is 47.7 Å². The maximum atomic E-state index is 12.8. The van der Waals surface area contributed by atoms with Crippen molar-refractivity contribution in [3.8, 4) is 5.75 Å². The molecule has 0 aliphatic rings. The largest absolute Gasteiger partial charge is 0.494 e. The molecule has 0 bridgehead atoms. The minimum absolute atomic E-state index is 0.0879. The Balaban J connectivity index is 2.05. The summed E-state index contributed by atoms with van der Waals surface area (Å²) >= 11 is 0. The molecule has 0 aliphatic carbocycles. The first-order valence-corrected chi connectivity index (χ1v) is 9.13. The number of methoxy groups -OCH3 is 1. The van der Waals surface area contributed by atoms with E-state index in [1.54, 1.807) is 29.2 Å². The third kappa shape index (κ3) is 5.84. The number of benzene rings is 1. The minimum atomic E-state index is -0.572. The summed E-state index contributed by atoms with van der Waals surface area (Å²) in [4.78, 5) is 30.0. The Kier molecular flexibility index (Phi) is 7.85. The van der Waals surface area contributed by atoms with Gasteiger partial charge < -0.3 is 18.8 Å². The number of carbonyl (C=O) groups is 2. The number of hydrogen-bond donors (Lipinski definition) is 0. The van der Waals surface area contributed by atoms with Gasteiger partial charge in [0.25, 0.3) is 5.91 Å². The smallest absolute Gasteiger partial charge is 0.360 e. The molecule has 0 radical (unpaired) electrons. The maximum Gasteiger partial charge on any atom is 0.360 e. The molecule has 1 aromatic carbocycles. The average molecular weight is 374 g/mol. The lowest BCUT2D eigenvalue weighted by atomic mass is 10.2. The molecule has 0 fully saturated rings. The van der Waals surface area contributed by atoms with Crippen LogP contribution in [0.25, 0.3) is 0 Å². The van der Waals surface area contributed by atoms with Crippen LogP contribution < -0.4 is 4.74 Å². The van der Waals surface area contributed by atoms with Crippen LogP contribution in [0.5, 0.6) is 5.75 Å². The van der Waals surface area contributed by atoms with Crippen LogP contribution in [0.3, 0.4) is 0 Å². The van der Waals surface area contributed by atoms with Crippen LogP contribution in [0.15, 0.2) is 34.9 Å². The first-order chi connectivity index (χ1) is 13.1. The van der Waals surface area contributed by atoms with Gasteiger partial charge in [0, 0.05) is 12.1 Å². The molecule has 2 rings (SSSR count). The molecule has 0 spiro atoms. The Morgan fingerprint density at radius 1 is 1.15 bits per heavy atom. The van der Waals surface area contributed by atoms with E-state index in [0.717, 1.165) is 25.0 Å². The Morgan fingerprint density at radius 2 is 1.89 bits per heavy atom. The van der Waals surface area contributed by atoms with E-state index in [1.807, 2.05) is 6.92 Å². The number of ether oxygens (including phenoxy) is 2. The lowest BCUT2D eigenvalue weighted by Gasteiger charge is -2.20. The molecule has 2 aromatic rings. The van der Waals surface area contributed by atoms with E-state index < -0.39 is 5.97 Å². The van der Waals surface area contributed by atoms with E-state index in [4.69, 9.17) is 9.15 Å². The molecule has 0 saturated carbocycles. The van der Waals surface area contributed by atoms with Crippen molar-refractivity contribution in [2.75, 3.05) is 20.3 Å². The second-order valence-electron chi connectivity index (χ2n) is 6.07. The van der Waals surface area contributed by atoms with E-state index in [-0.39, 0.29) is 24.0 Å². The molecule has 0 saturated heterocycles. The summed E-state index contributed by atoms with van der Waals surface area (Å²) in [6.45, 7) is 5.48. The quantitative estimate of drug-likeness (QED) is 0.466. The molecule has 0 atom stereocenters. The normalized spacial score (nSPS) is 10.5. The predicted molar refractivity (Wildman–Crippen MR) is 99.7 cm³/mol. The average Bonchev–Trinajstić information content (AvgIpc) is 3.16. The highest BCUT2D eigenvalue weighted by Gasteiger charge is 2.19. The van der Waals surface area contributed by atoms with Crippen molar-refractivity contribution in [2.45, 2.75) is 39.7 Å². The van der Waals surface area contributed by atoms with Gasteiger partial charge in [-0.2, -0.15) is 0 Å². The molecule has 0 N–H and O–H groups in total. The number of rotatable bonds is 10. The van der Waals surface area contributed by atoms with E-state index in [9.17, 15) is 9.59 Å². The van der Waals surface area contributed by atoms with Gasteiger partial charge in [-0.05, 0) is 37.1 Å². The summed E-state index contributed by atoms with van der Waals surface area (Å²) in [6.07, 6.45) is 4.09. The fourth-order valence-electron chi connectivity index (χ4n) is 2.48. The van der Waals surface area contributed by atoms with Gasteiger partial charge in [0.05, 0.1) is 20.3 Å². The number of unbranched alkanes of at least 4 members (excludes halogenated alkanes) is 1. The third-order valence-corrected chi connectivity index (χ3v) is 3.92. The van der Waals surface area contributed by atoms with Crippen molar-refractivity contribution in [2.24, 2.45) is 0 Å². The first-order valence-electron chi connectivity index (χ1n) is 9.13. The van der Waals surface area contributed by atoms with Crippen LogP contribution in [0.2, 0.25) is 0 Å². The summed E-state index contributed by atoms with van der Waals surface area (Å²) in [7, 11) is 1.28. The zero-order valence-corrected chi connectivity index (χ0v) is 16.1. The van der Waals surface area contributed by atoms with Gasteiger partial charge in [0.1, 0.15) is 12.0 Å². The van der Waals surface area contributed by atoms with Crippen molar-refractivity contribution in [3.63, 3.8) is 0 Å². The molecular formula is C20H26N2O5. The Bertz CT molecular complexity index is 739. The van der Waals surface area contributed by atoms with Gasteiger partial charge in [-0.1, -0.05) is 20.3 Å². The summed E-state index contributed by atoms with van der Waals surface area (Å²) in [5.41, 5.74) is 0.649. The zero-order chi connectivity index (χ0) is 19.6. The molecule has 1 heterocycles. The Hall–Kier alpha value is -2.83. The Morgan fingerprint density at radius 3 is 2.52 bits per heavy atom. The van der Waals surface area contributed by atoms with E-state index in [2.05, 4.69) is 16.6 Å². The van der Waals surface area contributed by atoms with Gasteiger partial charge in [-0.15, -0.1) is 0 Å². The van der Waals surface area contributed by atoms with Crippen molar-refractivity contribution in [1.29, 1.82) is 0 Å². The summed E-state index contributed by atoms with van der Waals surface area (Å²) < 4.78 is 15.5. The minimum Gasteiger partial charge on any atom is -0.494 e. The Labute approximate surface area is 159 Å². The highest BCUT2D eigenvalue weighted by molar-refractivity contribution is 5.94. The number of carbonyl (C=O) groups excluding carboxylic acids is 2. The highest BCUT2D eigenvalue weighted by Crippen LogP contribution is 2.16. The molecule has 7 heteroatoms. The van der Waals surface area contributed by atoms with Crippen LogP contribution in [0, 0.1) is 0 Å². The number of oxazole rings is 1. The predicted octanol–water partition coefficient (Wildman–Crippen LogP) is 3.69. The summed E-state index contributed by atoms with van der Waals surface area (Å²) in [6, 6.07) is 7.10. The van der Waals surface area contributed by atoms with Gasteiger partial charge in [-0.25, -0.2) is 9.78 Å². The van der Waals surface area contributed by atoms with Crippen LogP contribution in [-0.4, -0.2) is 42.0 Å². The van der Waals surface area contributed by atoms with Crippen LogP contribution in [0.4, 0.5) is 0 Å². The fourth-order valence-corrected chi connectivity index (χ4v) is 2.48.